The highest BCUT2D eigenvalue weighted by Gasteiger charge is 2.55. The van der Waals surface area contributed by atoms with Gasteiger partial charge < -0.3 is 4.74 Å². The molecule has 0 spiro atoms. The lowest BCUT2D eigenvalue weighted by molar-refractivity contribution is -0.203. The number of sulfone groups is 1. The molecule has 37 heavy (non-hydrogen) atoms. The zero-order valence-corrected chi connectivity index (χ0v) is 23.3. The molecule has 1 aliphatic rings. The molecule has 0 aliphatic carbocycles. The summed E-state index contributed by atoms with van der Waals surface area (Å²) in [6.45, 7) is 7.98. The molecular weight excluding hydrogens is 494 g/mol. The van der Waals surface area contributed by atoms with E-state index in [0.717, 1.165) is 19.1 Å². The van der Waals surface area contributed by atoms with E-state index in [4.69, 9.17) is 15.4 Å². The Hall–Kier alpha value is -2.45. The number of rotatable bonds is 11. The summed E-state index contributed by atoms with van der Waals surface area (Å²) in [5, 5.41) is 0. The van der Waals surface area contributed by atoms with Crippen LogP contribution < -0.4 is 16.7 Å². The van der Waals surface area contributed by atoms with Crippen molar-refractivity contribution in [2.75, 3.05) is 12.9 Å². The molecule has 1 fully saturated rings. The summed E-state index contributed by atoms with van der Waals surface area (Å²) in [6, 6.07) is 8.92. The summed E-state index contributed by atoms with van der Waals surface area (Å²) in [7, 11) is -4.04. The lowest BCUT2D eigenvalue weighted by atomic mass is 9.73. The highest BCUT2D eigenvalue weighted by atomic mass is 32.2. The second kappa shape index (κ2) is 13.9. The van der Waals surface area contributed by atoms with E-state index >= 15 is 0 Å². The molecule has 2 rings (SSSR count). The third-order valence-electron chi connectivity index (χ3n) is 6.39. The molecule has 1 heterocycles. The Morgan fingerprint density at radius 3 is 2.32 bits per heavy atom. The van der Waals surface area contributed by atoms with Gasteiger partial charge in [-0.1, -0.05) is 57.7 Å². The maximum absolute atomic E-state index is 13.9. The number of ether oxygens (including phenoxy) is 1. The van der Waals surface area contributed by atoms with Crippen LogP contribution in [0.1, 0.15) is 65.4 Å². The van der Waals surface area contributed by atoms with Crippen LogP contribution in [0.2, 0.25) is 0 Å². The average molecular weight is 536 g/mol. The van der Waals surface area contributed by atoms with Crippen molar-refractivity contribution < 1.29 is 27.6 Å². The maximum Gasteiger partial charge on any atom is 0.250 e. The van der Waals surface area contributed by atoms with E-state index in [1.165, 1.54) is 0 Å². The van der Waals surface area contributed by atoms with Crippen LogP contribution in [0, 0.1) is 35.5 Å². The van der Waals surface area contributed by atoms with Crippen molar-refractivity contribution in [3.8, 4) is 11.8 Å². The zero-order chi connectivity index (χ0) is 27.6. The first-order chi connectivity index (χ1) is 17.4. The largest absolute Gasteiger partial charge is 0.350 e. The van der Waals surface area contributed by atoms with Crippen molar-refractivity contribution in [2.45, 2.75) is 70.8 Å². The number of hydroxylamine groups is 1. The van der Waals surface area contributed by atoms with Crippen molar-refractivity contribution in [1.82, 2.24) is 10.9 Å². The molecule has 2 amide bonds. The van der Waals surface area contributed by atoms with Crippen LogP contribution >= 0.6 is 0 Å². The topological polar surface area (TPSA) is 137 Å². The lowest BCUT2D eigenvalue weighted by Crippen LogP contribution is -2.58. The fourth-order valence-corrected chi connectivity index (χ4v) is 6.36. The number of carbonyl (C=O) groups excluding carboxylic acids is 2. The van der Waals surface area contributed by atoms with E-state index in [9.17, 15) is 18.0 Å². The van der Waals surface area contributed by atoms with Crippen LogP contribution in [-0.4, -0.2) is 44.1 Å². The van der Waals surface area contributed by atoms with Gasteiger partial charge >= 0.3 is 0 Å². The van der Waals surface area contributed by atoms with Crippen molar-refractivity contribution in [1.29, 1.82) is 0 Å². The van der Waals surface area contributed by atoms with Crippen LogP contribution in [0.3, 0.4) is 0 Å². The molecule has 1 saturated heterocycles. The van der Waals surface area contributed by atoms with Gasteiger partial charge in [0.1, 0.15) is 4.75 Å². The minimum Gasteiger partial charge on any atom is -0.350 e. The van der Waals surface area contributed by atoms with Gasteiger partial charge in [-0.3, -0.25) is 15.0 Å². The maximum atomic E-state index is 13.9. The number of hydrogen-bond donors (Lipinski definition) is 3. The Labute approximate surface area is 221 Å². The number of benzene rings is 1. The fourth-order valence-electron chi connectivity index (χ4n) is 4.76. The van der Waals surface area contributed by atoms with E-state index in [-0.39, 0.29) is 24.7 Å². The SMILES string of the molecule is CC(C)C[C@@H](C(=O)NN)[C@@H](C(=O)NOC1CCCCO1)C(C#Cc1ccccc1)(CC(C)C)S(C)(=O)=O. The molecule has 1 aromatic rings. The Morgan fingerprint density at radius 2 is 1.81 bits per heavy atom. The third-order valence-corrected chi connectivity index (χ3v) is 8.23. The van der Waals surface area contributed by atoms with Crippen LogP contribution in [0.15, 0.2) is 30.3 Å². The number of amides is 2. The summed E-state index contributed by atoms with van der Waals surface area (Å²) < 4.78 is 30.9. The van der Waals surface area contributed by atoms with Gasteiger partial charge in [0.15, 0.2) is 16.1 Å². The van der Waals surface area contributed by atoms with Crippen LogP contribution in [-0.2, 0) is 29.0 Å². The van der Waals surface area contributed by atoms with Crippen LogP contribution in [0.5, 0.6) is 0 Å². The van der Waals surface area contributed by atoms with Gasteiger partial charge in [0.05, 0.1) is 11.8 Å². The quantitative estimate of drug-likeness (QED) is 0.171. The monoisotopic (exact) mass is 535 g/mol. The van der Waals surface area contributed by atoms with Crippen molar-refractivity contribution in [2.24, 2.45) is 29.5 Å². The molecule has 1 aromatic carbocycles. The van der Waals surface area contributed by atoms with Gasteiger partial charge in [-0.2, -0.15) is 0 Å². The first-order valence-electron chi connectivity index (χ1n) is 12.8. The van der Waals surface area contributed by atoms with Crippen LogP contribution in [0.4, 0.5) is 0 Å². The summed E-state index contributed by atoms with van der Waals surface area (Å²) in [6.07, 6.45) is 2.99. The zero-order valence-electron chi connectivity index (χ0n) is 22.5. The highest BCUT2D eigenvalue weighted by Crippen LogP contribution is 2.40. The van der Waals surface area contributed by atoms with E-state index < -0.39 is 44.5 Å². The molecule has 10 heteroatoms. The molecule has 206 valence electrons. The van der Waals surface area contributed by atoms with Gasteiger partial charge in [0.25, 0.3) is 0 Å². The predicted octanol–water partition coefficient (Wildman–Crippen LogP) is 2.71. The van der Waals surface area contributed by atoms with E-state index in [2.05, 4.69) is 22.7 Å². The third kappa shape index (κ3) is 8.54. The second-order valence-corrected chi connectivity index (χ2v) is 12.8. The number of nitrogens with two attached hydrogens (primary N) is 1. The minimum atomic E-state index is -4.04. The molecule has 0 radical (unpaired) electrons. The summed E-state index contributed by atoms with van der Waals surface area (Å²) in [5.74, 6) is 7.37. The standard InChI is InChI=1S/C27H41N3O6S/c1-19(2)17-22(25(31)29-28)24(26(32)30-36-23-13-9-10-16-35-23)27(18-20(3)4,37(5,33)34)15-14-21-11-7-6-8-12-21/h6-8,11-12,19-20,22-24H,9-10,13,16-18,28H2,1-5H3,(H,29,31)(H,30,32)/t22-,23?,24+,27?/m1/s1. The Balaban J connectivity index is 2.71. The molecule has 1 aliphatic heterocycles. The van der Waals surface area contributed by atoms with Gasteiger partial charge in [-0.05, 0) is 49.7 Å². The van der Waals surface area contributed by atoms with Gasteiger partial charge in [0.2, 0.25) is 11.8 Å². The van der Waals surface area contributed by atoms with Crippen molar-refractivity contribution in [3.05, 3.63) is 35.9 Å². The van der Waals surface area contributed by atoms with Gasteiger partial charge in [-0.15, -0.1) is 0 Å². The first kappa shape index (κ1) is 30.8. The van der Waals surface area contributed by atoms with E-state index in [1.807, 2.05) is 33.8 Å². The number of carbonyl (C=O) groups is 2. The lowest BCUT2D eigenvalue weighted by Gasteiger charge is -2.39. The minimum absolute atomic E-state index is 0.0239. The molecule has 0 bridgehead atoms. The number of nitrogens with one attached hydrogen (secondary N) is 2. The normalized spacial score (nSPS) is 19.3. The first-order valence-corrected chi connectivity index (χ1v) is 14.7. The molecule has 9 nitrogen and oxygen atoms in total. The van der Waals surface area contributed by atoms with Crippen molar-refractivity contribution >= 4 is 21.7 Å². The van der Waals surface area contributed by atoms with Gasteiger partial charge in [-0.25, -0.2) is 24.6 Å². The smallest absolute Gasteiger partial charge is 0.250 e. The fraction of sp³-hybridized carbons (Fsp3) is 0.630. The number of hydrogen-bond acceptors (Lipinski definition) is 7. The Kier molecular flexibility index (Phi) is 11.6. The highest BCUT2D eigenvalue weighted by molar-refractivity contribution is 7.92. The summed E-state index contributed by atoms with van der Waals surface area (Å²) in [5.41, 5.74) is 5.14. The molecule has 4 N–H and O–H groups in total. The molecule has 2 unspecified atom stereocenters. The Morgan fingerprint density at radius 1 is 1.14 bits per heavy atom. The molecular formula is C27H41N3O6S. The number of hydrazine groups is 1. The van der Waals surface area contributed by atoms with Gasteiger partial charge in [0, 0.05) is 24.8 Å². The summed E-state index contributed by atoms with van der Waals surface area (Å²) >= 11 is 0. The molecule has 0 aromatic heterocycles. The average Bonchev–Trinajstić information content (AvgIpc) is 2.85. The Bertz CT molecular complexity index is 1060. The summed E-state index contributed by atoms with van der Waals surface area (Å²) in [4.78, 5) is 32.5. The molecule has 4 atom stereocenters. The second-order valence-electron chi connectivity index (χ2n) is 10.5. The van der Waals surface area contributed by atoms with E-state index in [0.29, 0.717) is 18.6 Å². The van der Waals surface area contributed by atoms with Crippen molar-refractivity contribution in [3.63, 3.8) is 0 Å². The van der Waals surface area contributed by atoms with Crippen LogP contribution in [0.25, 0.3) is 0 Å². The predicted molar refractivity (Wildman–Crippen MR) is 142 cm³/mol. The molecule has 0 saturated carbocycles. The van der Waals surface area contributed by atoms with E-state index in [1.54, 1.807) is 24.3 Å².